The summed E-state index contributed by atoms with van der Waals surface area (Å²) >= 11 is 1.15. The van der Waals surface area contributed by atoms with E-state index in [1.807, 2.05) is 0 Å². The smallest absolute Gasteiger partial charge is 0.227 e. The first-order valence-corrected chi connectivity index (χ1v) is 2.97. The number of hydrogen-bond acceptors (Lipinski definition) is 3. The van der Waals surface area contributed by atoms with E-state index in [0.29, 0.717) is 5.03 Å². The van der Waals surface area contributed by atoms with Crippen molar-refractivity contribution in [2.75, 3.05) is 5.75 Å². The highest BCUT2D eigenvalue weighted by atomic mass is 32.2. The van der Waals surface area contributed by atoms with Crippen molar-refractivity contribution < 1.29 is 4.79 Å². The largest absolute Gasteiger partial charge is 0.394 e. The molecule has 0 bridgehead atoms. The number of nitrogens with two attached hydrogens (primary N) is 2. The summed E-state index contributed by atoms with van der Waals surface area (Å²) in [7, 11) is 0. The molecule has 4 heteroatoms. The van der Waals surface area contributed by atoms with Crippen molar-refractivity contribution in [3.05, 3.63) is 11.6 Å². The van der Waals surface area contributed by atoms with E-state index >= 15 is 0 Å². The molecule has 0 unspecified atom stereocenters. The predicted octanol–water partition coefficient (Wildman–Crippen LogP) is -0.365. The number of amides is 1. The predicted molar refractivity (Wildman–Crippen MR) is 35.0 cm³/mol. The molecule has 46 valence electrons. The molecule has 4 N–H and O–H groups in total. The third-order valence-corrected chi connectivity index (χ3v) is 1.20. The maximum absolute atomic E-state index is 10.0. The summed E-state index contributed by atoms with van der Waals surface area (Å²) in [4.78, 5) is 10.0. The van der Waals surface area contributed by atoms with Crippen molar-refractivity contribution in [3.63, 3.8) is 0 Å². The molecule has 0 aliphatic carbocycles. The van der Waals surface area contributed by atoms with Crippen LogP contribution in [0.5, 0.6) is 0 Å². The first-order valence-electron chi connectivity index (χ1n) is 1.98. The summed E-state index contributed by atoms with van der Waals surface area (Å²) in [6, 6.07) is 0. The zero-order chi connectivity index (χ0) is 6.57. The molecule has 0 spiro atoms. The highest BCUT2D eigenvalue weighted by Gasteiger charge is 1.92. The molecule has 8 heavy (non-hydrogen) atoms. The molecule has 0 aromatic heterocycles. The molecule has 0 saturated heterocycles. The third-order valence-electron chi connectivity index (χ3n) is 0.400. The van der Waals surface area contributed by atoms with Gasteiger partial charge in [0.15, 0.2) is 0 Å². The molecule has 0 fully saturated rings. The van der Waals surface area contributed by atoms with Gasteiger partial charge in [-0.2, -0.15) is 0 Å². The zero-order valence-electron chi connectivity index (χ0n) is 4.39. The van der Waals surface area contributed by atoms with Gasteiger partial charge in [-0.25, -0.2) is 0 Å². The number of hydrogen-bond donors (Lipinski definition) is 2. The molecule has 0 rings (SSSR count). The molecule has 1 amide bonds. The van der Waals surface area contributed by atoms with Crippen molar-refractivity contribution >= 4 is 17.7 Å². The standard InChI is InChI=1S/C4H8N2OS/c1-3(5)8-2-4(6)7/h1-2,5H2,(H2,6,7). The fraction of sp³-hybridized carbons (Fsp3) is 0.250. The molecule has 0 aliphatic heterocycles. The van der Waals surface area contributed by atoms with Gasteiger partial charge in [-0.05, 0) is 0 Å². The molecule has 0 heterocycles. The average Bonchev–Trinajstić information content (AvgIpc) is 1.61. The van der Waals surface area contributed by atoms with Crippen molar-refractivity contribution in [1.29, 1.82) is 0 Å². The zero-order valence-corrected chi connectivity index (χ0v) is 5.20. The van der Waals surface area contributed by atoms with Crippen molar-refractivity contribution in [1.82, 2.24) is 0 Å². The Kier molecular flexibility index (Phi) is 3.10. The summed E-state index contributed by atoms with van der Waals surface area (Å²) in [5, 5.41) is 0.420. The maximum Gasteiger partial charge on any atom is 0.227 e. The van der Waals surface area contributed by atoms with Crippen LogP contribution in [0.2, 0.25) is 0 Å². The normalized spacial score (nSPS) is 8.50. The molecule has 0 aliphatic rings. The van der Waals surface area contributed by atoms with Gasteiger partial charge in [0.2, 0.25) is 5.91 Å². The monoisotopic (exact) mass is 132 g/mol. The highest BCUT2D eigenvalue weighted by Crippen LogP contribution is 2.03. The Morgan fingerprint density at radius 2 is 2.12 bits per heavy atom. The van der Waals surface area contributed by atoms with Gasteiger partial charge in [0.25, 0.3) is 0 Å². The second kappa shape index (κ2) is 3.37. The molecular weight excluding hydrogens is 124 g/mol. The second-order valence-corrected chi connectivity index (χ2v) is 2.32. The van der Waals surface area contributed by atoms with Crippen molar-refractivity contribution in [2.24, 2.45) is 11.5 Å². The first kappa shape index (κ1) is 7.36. The van der Waals surface area contributed by atoms with Gasteiger partial charge in [0, 0.05) is 0 Å². The molecule has 3 nitrogen and oxygen atoms in total. The van der Waals surface area contributed by atoms with Gasteiger partial charge in [0.1, 0.15) is 0 Å². The number of primary amides is 1. The van der Waals surface area contributed by atoms with E-state index in [1.165, 1.54) is 0 Å². The lowest BCUT2D eigenvalue weighted by Crippen LogP contribution is -2.13. The molecule has 0 atom stereocenters. The summed E-state index contributed by atoms with van der Waals surface area (Å²) in [6.07, 6.45) is 0. The minimum Gasteiger partial charge on any atom is -0.394 e. The Morgan fingerprint density at radius 1 is 1.62 bits per heavy atom. The van der Waals surface area contributed by atoms with Crippen LogP contribution in [0.25, 0.3) is 0 Å². The lowest BCUT2D eigenvalue weighted by molar-refractivity contribution is -0.115. The van der Waals surface area contributed by atoms with Gasteiger partial charge in [0.05, 0.1) is 10.8 Å². The van der Waals surface area contributed by atoms with E-state index in [2.05, 4.69) is 6.58 Å². The average molecular weight is 132 g/mol. The van der Waals surface area contributed by atoms with Crippen molar-refractivity contribution in [2.45, 2.75) is 0 Å². The summed E-state index contributed by atoms with van der Waals surface area (Å²) in [5.74, 6) is -0.156. The minimum absolute atomic E-state index is 0.218. The van der Waals surface area contributed by atoms with E-state index in [4.69, 9.17) is 11.5 Å². The van der Waals surface area contributed by atoms with Crippen LogP contribution in [-0.4, -0.2) is 11.7 Å². The summed E-state index contributed by atoms with van der Waals surface area (Å²) in [5.41, 5.74) is 9.89. The van der Waals surface area contributed by atoms with Crippen LogP contribution in [0.15, 0.2) is 11.6 Å². The molecule has 0 aromatic rings. The van der Waals surface area contributed by atoms with Crippen LogP contribution in [-0.2, 0) is 4.79 Å². The van der Waals surface area contributed by atoms with Crippen LogP contribution in [0.1, 0.15) is 0 Å². The Labute approximate surface area is 52.1 Å². The van der Waals surface area contributed by atoms with E-state index in [-0.39, 0.29) is 11.7 Å². The van der Waals surface area contributed by atoms with Crippen LogP contribution in [0, 0.1) is 0 Å². The van der Waals surface area contributed by atoms with E-state index < -0.39 is 0 Å². The van der Waals surface area contributed by atoms with Crippen LogP contribution in [0.3, 0.4) is 0 Å². The van der Waals surface area contributed by atoms with Crippen molar-refractivity contribution in [3.8, 4) is 0 Å². The van der Waals surface area contributed by atoms with E-state index in [9.17, 15) is 4.79 Å². The molecule has 0 aromatic carbocycles. The minimum atomic E-state index is -0.374. The lowest BCUT2D eigenvalue weighted by atomic mass is 10.8. The third kappa shape index (κ3) is 5.36. The van der Waals surface area contributed by atoms with Gasteiger partial charge < -0.3 is 11.5 Å². The van der Waals surface area contributed by atoms with Crippen LogP contribution in [0.4, 0.5) is 0 Å². The first-order chi connectivity index (χ1) is 3.63. The van der Waals surface area contributed by atoms with E-state index in [0.717, 1.165) is 11.8 Å². The fourth-order valence-corrected chi connectivity index (χ4v) is 0.491. The van der Waals surface area contributed by atoms with Gasteiger partial charge in [-0.15, -0.1) is 0 Å². The quantitative estimate of drug-likeness (QED) is 0.550. The van der Waals surface area contributed by atoms with Crippen LogP contribution < -0.4 is 11.5 Å². The number of carbonyl (C=O) groups excluding carboxylic acids is 1. The summed E-state index contributed by atoms with van der Waals surface area (Å²) in [6.45, 7) is 3.36. The Balaban J connectivity index is 3.18. The lowest BCUT2D eigenvalue weighted by Gasteiger charge is -1.92. The molecule has 0 saturated carbocycles. The van der Waals surface area contributed by atoms with E-state index in [1.54, 1.807) is 0 Å². The Hall–Kier alpha value is -0.640. The number of carbonyl (C=O) groups is 1. The topological polar surface area (TPSA) is 69.1 Å². The SMILES string of the molecule is C=C(N)SCC(N)=O. The van der Waals surface area contributed by atoms with Gasteiger partial charge in [-0.3, -0.25) is 4.79 Å². The van der Waals surface area contributed by atoms with Crippen LogP contribution >= 0.6 is 11.8 Å². The number of rotatable bonds is 3. The molecular formula is C4H8N2OS. The fourth-order valence-electron chi connectivity index (χ4n) is 0.164. The summed E-state index contributed by atoms with van der Waals surface area (Å²) < 4.78 is 0. The molecule has 0 radical (unpaired) electrons. The number of thioether (sulfide) groups is 1. The Morgan fingerprint density at radius 3 is 2.25 bits per heavy atom. The Bertz CT molecular complexity index is 98.6. The maximum atomic E-state index is 10.0. The van der Waals surface area contributed by atoms with Gasteiger partial charge >= 0.3 is 0 Å². The second-order valence-electron chi connectivity index (χ2n) is 1.22. The highest BCUT2D eigenvalue weighted by molar-refractivity contribution is 8.03. The van der Waals surface area contributed by atoms with Gasteiger partial charge in [-0.1, -0.05) is 18.3 Å².